The van der Waals surface area contributed by atoms with Crippen LogP contribution in [0, 0.1) is 11.8 Å². The lowest BCUT2D eigenvalue weighted by Crippen LogP contribution is -2.44. The summed E-state index contributed by atoms with van der Waals surface area (Å²) in [7, 11) is 0. The molecule has 152 valence electrons. The molecule has 1 fully saturated rings. The highest BCUT2D eigenvalue weighted by Crippen LogP contribution is 2.48. The molecule has 1 saturated heterocycles. The summed E-state index contributed by atoms with van der Waals surface area (Å²) in [6, 6.07) is 5.79. The Morgan fingerprint density at radius 3 is 2.71 bits per heavy atom. The summed E-state index contributed by atoms with van der Waals surface area (Å²) in [5.41, 5.74) is 9.44. The fraction of sp³-hybridized carbons (Fsp3) is 0.609. The molecule has 4 N–H and O–H groups in total. The van der Waals surface area contributed by atoms with Gasteiger partial charge in [0, 0.05) is 39.2 Å². The first-order valence-electron chi connectivity index (χ1n) is 10.6. The topological polar surface area (TPSA) is 80.1 Å². The summed E-state index contributed by atoms with van der Waals surface area (Å²) in [5.74, 6) is 0.418. The zero-order valence-electron chi connectivity index (χ0n) is 17.5. The SMILES string of the molecule is CC(CC1C(C)C(=O)c2c([nH]c3ccc(N)cc23)C1(C)C)OC1CCNCC1. The van der Waals surface area contributed by atoms with Crippen LogP contribution in [0.1, 0.15) is 63.0 Å². The molecule has 3 unspecified atom stereocenters. The van der Waals surface area contributed by atoms with E-state index in [9.17, 15) is 4.79 Å². The number of anilines is 1. The Balaban J connectivity index is 1.63. The predicted octanol–water partition coefficient (Wildman–Crippen LogP) is 4.02. The second-order valence-electron chi connectivity index (χ2n) is 9.29. The Kier molecular flexibility index (Phi) is 5.00. The monoisotopic (exact) mass is 383 g/mol. The number of piperidine rings is 1. The molecule has 1 aromatic heterocycles. The Hall–Kier alpha value is -1.85. The van der Waals surface area contributed by atoms with Gasteiger partial charge in [-0.15, -0.1) is 0 Å². The van der Waals surface area contributed by atoms with Crippen LogP contribution in [0.5, 0.6) is 0 Å². The van der Waals surface area contributed by atoms with Gasteiger partial charge in [0.15, 0.2) is 5.78 Å². The number of benzene rings is 1. The van der Waals surface area contributed by atoms with E-state index in [-0.39, 0.29) is 29.1 Å². The maximum absolute atomic E-state index is 13.4. The third-order valence-electron chi connectivity index (χ3n) is 6.95. The molecule has 2 aliphatic rings. The molecule has 0 spiro atoms. The first kappa shape index (κ1) is 19.5. The van der Waals surface area contributed by atoms with E-state index >= 15 is 0 Å². The highest BCUT2D eigenvalue weighted by molar-refractivity contribution is 6.12. The van der Waals surface area contributed by atoms with Crippen molar-refractivity contribution >= 4 is 22.4 Å². The average Bonchev–Trinajstić information content (AvgIpc) is 3.04. The summed E-state index contributed by atoms with van der Waals surface area (Å²) in [4.78, 5) is 16.9. The maximum Gasteiger partial charge on any atom is 0.168 e. The number of nitrogens with two attached hydrogens (primary N) is 1. The maximum atomic E-state index is 13.4. The average molecular weight is 384 g/mol. The van der Waals surface area contributed by atoms with Crippen molar-refractivity contribution in [3.63, 3.8) is 0 Å². The predicted molar refractivity (Wildman–Crippen MR) is 114 cm³/mol. The summed E-state index contributed by atoms with van der Waals surface area (Å²) in [5, 5.41) is 4.34. The van der Waals surface area contributed by atoms with Crippen LogP contribution in [0.2, 0.25) is 0 Å². The van der Waals surface area contributed by atoms with E-state index in [1.165, 1.54) is 0 Å². The number of ketones is 1. The Bertz CT molecular complexity index is 879. The summed E-state index contributed by atoms with van der Waals surface area (Å²) >= 11 is 0. The molecular weight excluding hydrogens is 350 g/mol. The lowest BCUT2D eigenvalue weighted by atomic mass is 9.61. The third-order valence-corrected chi connectivity index (χ3v) is 6.95. The molecule has 0 radical (unpaired) electrons. The second kappa shape index (κ2) is 7.20. The number of hydrogen-bond donors (Lipinski definition) is 3. The second-order valence-corrected chi connectivity index (χ2v) is 9.29. The van der Waals surface area contributed by atoms with Crippen molar-refractivity contribution in [1.82, 2.24) is 10.3 Å². The standard InChI is InChI=1S/C23H33N3O2/c1-13(28-16-7-9-25-10-8-16)11-18-14(2)21(27)20-17-12-15(24)5-6-19(17)26-22(20)23(18,3)4/h5-6,12-14,16,18,25-26H,7-11,24H2,1-4H3. The lowest BCUT2D eigenvalue weighted by molar-refractivity contribution is -0.0365. The number of carbonyl (C=O) groups excluding carboxylic acids is 1. The molecule has 28 heavy (non-hydrogen) atoms. The van der Waals surface area contributed by atoms with Gasteiger partial charge in [0.25, 0.3) is 0 Å². The fourth-order valence-electron chi connectivity index (χ4n) is 5.34. The molecule has 0 bridgehead atoms. The van der Waals surface area contributed by atoms with Crippen molar-refractivity contribution in [3.8, 4) is 0 Å². The number of nitrogen functional groups attached to an aromatic ring is 1. The van der Waals surface area contributed by atoms with Crippen LogP contribution in [0.25, 0.3) is 10.9 Å². The van der Waals surface area contributed by atoms with Crippen molar-refractivity contribution < 1.29 is 9.53 Å². The van der Waals surface area contributed by atoms with Gasteiger partial charge >= 0.3 is 0 Å². The number of ether oxygens (including phenoxy) is 1. The van der Waals surface area contributed by atoms with Crippen LogP contribution in [0.15, 0.2) is 18.2 Å². The van der Waals surface area contributed by atoms with Crippen LogP contribution in [0.3, 0.4) is 0 Å². The molecule has 2 heterocycles. The van der Waals surface area contributed by atoms with Gasteiger partial charge in [0.1, 0.15) is 0 Å². The molecule has 5 heteroatoms. The van der Waals surface area contributed by atoms with E-state index in [0.29, 0.717) is 11.8 Å². The highest BCUT2D eigenvalue weighted by atomic mass is 16.5. The van der Waals surface area contributed by atoms with Crippen molar-refractivity contribution in [2.45, 2.75) is 64.6 Å². The minimum absolute atomic E-state index is 0.0398. The van der Waals surface area contributed by atoms with Crippen LogP contribution >= 0.6 is 0 Å². The number of rotatable bonds is 4. The van der Waals surface area contributed by atoms with Crippen LogP contribution in [-0.4, -0.2) is 36.1 Å². The minimum atomic E-state index is -0.137. The molecule has 1 aliphatic carbocycles. The molecular formula is C23H33N3O2. The number of Topliss-reactive ketones (excluding diaryl/α,β-unsaturated/α-hetero) is 1. The number of H-pyrrole nitrogens is 1. The molecule has 1 aromatic carbocycles. The van der Waals surface area contributed by atoms with E-state index in [4.69, 9.17) is 10.5 Å². The van der Waals surface area contributed by atoms with Crippen molar-refractivity contribution in [1.29, 1.82) is 0 Å². The Morgan fingerprint density at radius 2 is 2.00 bits per heavy atom. The largest absolute Gasteiger partial charge is 0.399 e. The van der Waals surface area contributed by atoms with Crippen LogP contribution in [-0.2, 0) is 10.2 Å². The van der Waals surface area contributed by atoms with Gasteiger partial charge in [-0.3, -0.25) is 4.79 Å². The summed E-state index contributed by atoms with van der Waals surface area (Å²) in [6.45, 7) is 10.8. The number of aromatic amines is 1. The van der Waals surface area contributed by atoms with Crippen molar-refractivity contribution in [2.24, 2.45) is 11.8 Å². The van der Waals surface area contributed by atoms with Gasteiger partial charge < -0.3 is 20.8 Å². The number of hydrogen-bond acceptors (Lipinski definition) is 4. The van der Waals surface area contributed by atoms with Gasteiger partial charge in [0.2, 0.25) is 0 Å². The van der Waals surface area contributed by atoms with Gasteiger partial charge in [-0.05, 0) is 63.4 Å². The summed E-state index contributed by atoms with van der Waals surface area (Å²) in [6.07, 6.45) is 3.51. The third kappa shape index (κ3) is 3.25. The van der Waals surface area contributed by atoms with E-state index in [0.717, 1.165) is 54.5 Å². The zero-order chi connectivity index (χ0) is 20.1. The number of nitrogens with one attached hydrogen (secondary N) is 2. The van der Waals surface area contributed by atoms with E-state index in [1.54, 1.807) is 0 Å². The van der Waals surface area contributed by atoms with Gasteiger partial charge in [0.05, 0.1) is 12.2 Å². The van der Waals surface area contributed by atoms with Crippen molar-refractivity contribution in [2.75, 3.05) is 18.8 Å². The van der Waals surface area contributed by atoms with Crippen molar-refractivity contribution in [3.05, 3.63) is 29.5 Å². The first-order valence-corrected chi connectivity index (χ1v) is 10.6. The molecule has 0 saturated carbocycles. The van der Waals surface area contributed by atoms with Gasteiger partial charge in [-0.2, -0.15) is 0 Å². The van der Waals surface area contributed by atoms with Crippen LogP contribution in [0.4, 0.5) is 5.69 Å². The smallest absolute Gasteiger partial charge is 0.168 e. The van der Waals surface area contributed by atoms with Gasteiger partial charge in [-0.1, -0.05) is 20.8 Å². The normalized spacial score (nSPS) is 26.4. The van der Waals surface area contributed by atoms with E-state index in [1.807, 2.05) is 18.2 Å². The molecule has 1 aliphatic heterocycles. The summed E-state index contributed by atoms with van der Waals surface area (Å²) < 4.78 is 6.36. The molecule has 4 rings (SSSR count). The fourth-order valence-corrected chi connectivity index (χ4v) is 5.34. The molecule has 0 amide bonds. The van der Waals surface area contributed by atoms with E-state index in [2.05, 4.69) is 38.0 Å². The molecule has 3 atom stereocenters. The van der Waals surface area contributed by atoms with Crippen LogP contribution < -0.4 is 11.1 Å². The van der Waals surface area contributed by atoms with E-state index < -0.39 is 0 Å². The quantitative estimate of drug-likeness (QED) is 0.697. The number of fused-ring (bicyclic) bond motifs is 3. The number of aromatic nitrogens is 1. The first-order chi connectivity index (χ1) is 13.3. The van der Waals surface area contributed by atoms with Gasteiger partial charge in [-0.25, -0.2) is 0 Å². The lowest BCUT2D eigenvalue weighted by Gasteiger charge is -2.43. The Labute approximate surface area is 167 Å². The number of carbonyl (C=O) groups is 1. The highest BCUT2D eigenvalue weighted by Gasteiger charge is 2.47. The molecule has 5 nitrogen and oxygen atoms in total. The minimum Gasteiger partial charge on any atom is -0.399 e. The zero-order valence-corrected chi connectivity index (χ0v) is 17.5. The Morgan fingerprint density at radius 1 is 1.29 bits per heavy atom. The molecule has 2 aromatic rings.